The van der Waals surface area contributed by atoms with Crippen molar-refractivity contribution in [1.82, 2.24) is 0 Å². The summed E-state index contributed by atoms with van der Waals surface area (Å²) in [5.74, 6) is -2.01. The van der Waals surface area contributed by atoms with Crippen molar-refractivity contribution in [2.45, 2.75) is 6.92 Å². The van der Waals surface area contributed by atoms with E-state index in [0.717, 1.165) is 21.9 Å². The monoisotopic (exact) mass is 264 g/mol. The molecule has 2 rings (SSSR count). The lowest BCUT2D eigenvalue weighted by atomic mass is 10.1. The maximum Gasteiger partial charge on any atom is 0.188 e. The van der Waals surface area contributed by atoms with Crippen molar-refractivity contribution < 1.29 is 13.6 Å². The number of carbonyl (C=O) groups is 1. The molecule has 0 amide bonds. The Kier molecular flexibility index (Phi) is 3.67. The van der Waals surface area contributed by atoms with Crippen molar-refractivity contribution in [1.29, 1.82) is 0 Å². The number of hydrogen-bond donors (Lipinski definition) is 0. The third-order valence-corrected chi connectivity index (χ3v) is 3.32. The van der Waals surface area contributed by atoms with Crippen LogP contribution in [-0.4, -0.2) is 5.78 Å². The summed E-state index contributed by atoms with van der Waals surface area (Å²) in [6.45, 7) is 1.96. The second-order valence-corrected chi connectivity index (χ2v) is 5.09. The summed E-state index contributed by atoms with van der Waals surface area (Å²) < 4.78 is 26.0. The first-order valence-corrected chi connectivity index (χ1v) is 6.12. The number of benzene rings is 1. The van der Waals surface area contributed by atoms with E-state index < -0.39 is 17.4 Å². The SMILES string of the molecule is Cc1ccc(/C=C/C(=O)c2ccc(F)cc2F)s1. The molecule has 1 aromatic carbocycles. The fourth-order valence-corrected chi connectivity index (χ4v) is 2.26. The summed E-state index contributed by atoms with van der Waals surface area (Å²) in [5, 5.41) is 0. The fourth-order valence-electron chi connectivity index (χ4n) is 1.48. The van der Waals surface area contributed by atoms with Crippen molar-refractivity contribution in [3.8, 4) is 0 Å². The summed E-state index contributed by atoms with van der Waals surface area (Å²) in [4.78, 5) is 13.8. The zero-order valence-electron chi connectivity index (χ0n) is 9.61. The minimum atomic E-state index is -0.841. The number of carbonyl (C=O) groups excluding carboxylic acids is 1. The first kappa shape index (κ1) is 12.6. The second-order valence-electron chi connectivity index (χ2n) is 3.77. The molecule has 0 aliphatic rings. The number of aryl methyl sites for hydroxylation is 1. The average molecular weight is 264 g/mol. The minimum absolute atomic E-state index is 0.124. The minimum Gasteiger partial charge on any atom is -0.289 e. The van der Waals surface area contributed by atoms with Crippen molar-refractivity contribution in [3.63, 3.8) is 0 Å². The number of halogens is 2. The van der Waals surface area contributed by atoms with Crippen molar-refractivity contribution >= 4 is 23.2 Å². The maximum atomic E-state index is 13.3. The normalized spacial score (nSPS) is 11.1. The van der Waals surface area contributed by atoms with E-state index in [4.69, 9.17) is 0 Å². The van der Waals surface area contributed by atoms with Gasteiger partial charge < -0.3 is 0 Å². The Morgan fingerprint density at radius 2 is 2.00 bits per heavy atom. The molecule has 1 aromatic heterocycles. The van der Waals surface area contributed by atoms with Gasteiger partial charge in [-0.25, -0.2) is 8.78 Å². The molecule has 0 fully saturated rings. The zero-order chi connectivity index (χ0) is 13.1. The van der Waals surface area contributed by atoms with E-state index in [1.807, 2.05) is 19.1 Å². The third-order valence-electron chi connectivity index (χ3n) is 2.36. The standard InChI is InChI=1S/C14H10F2OS/c1-9-2-4-11(18-9)5-7-14(17)12-6-3-10(15)8-13(12)16/h2-8H,1H3/b7-5+. The lowest BCUT2D eigenvalue weighted by Gasteiger charge is -1.97. The first-order valence-electron chi connectivity index (χ1n) is 5.30. The molecule has 0 N–H and O–H groups in total. The van der Waals surface area contributed by atoms with Crippen molar-refractivity contribution in [3.05, 3.63) is 63.4 Å². The van der Waals surface area contributed by atoms with E-state index in [1.165, 1.54) is 17.4 Å². The van der Waals surface area contributed by atoms with E-state index >= 15 is 0 Å². The summed E-state index contributed by atoms with van der Waals surface area (Å²) in [6.07, 6.45) is 2.92. The highest BCUT2D eigenvalue weighted by Crippen LogP contribution is 2.17. The molecule has 0 aliphatic heterocycles. The summed E-state index contributed by atoms with van der Waals surface area (Å²) in [5.41, 5.74) is -0.124. The maximum absolute atomic E-state index is 13.3. The highest BCUT2D eigenvalue weighted by Gasteiger charge is 2.09. The molecule has 18 heavy (non-hydrogen) atoms. The van der Waals surface area contributed by atoms with Gasteiger partial charge in [0.1, 0.15) is 11.6 Å². The van der Waals surface area contributed by atoms with Crippen LogP contribution in [0.25, 0.3) is 6.08 Å². The Balaban J connectivity index is 2.19. The Labute approximate surface area is 107 Å². The van der Waals surface area contributed by atoms with Gasteiger partial charge in [-0.05, 0) is 43.3 Å². The van der Waals surface area contributed by atoms with Crippen LogP contribution in [0.2, 0.25) is 0 Å². The number of thiophene rings is 1. The van der Waals surface area contributed by atoms with Crippen LogP contribution in [0.1, 0.15) is 20.1 Å². The predicted octanol–water partition coefficient (Wildman–Crippen LogP) is 4.23. The summed E-state index contributed by atoms with van der Waals surface area (Å²) in [7, 11) is 0. The average Bonchev–Trinajstić information content (AvgIpc) is 2.72. The Morgan fingerprint density at radius 3 is 2.61 bits per heavy atom. The predicted molar refractivity (Wildman–Crippen MR) is 68.8 cm³/mol. The number of hydrogen-bond acceptors (Lipinski definition) is 2. The third kappa shape index (κ3) is 2.90. The van der Waals surface area contributed by atoms with Crippen molar-refractivity contribution in [2.24, 2.45) is 0 Å². The molecule has 0 radical (unpaired) electrons. The van der Waals surface area contributed by atoms with Crippen LogP contribution in [0, 0.1) is 18.6 Å². The molecule has 0 aliphatic carbocycles. The van der Waals surface area contributed by atoms with Gasteiger partial charge in [0.2, 0.25) is 0 Å². The van der Waals surface area contributed by atoms with Gasteiger partial charge in [0.25, 0.3) is 0 Å². The van der Waals surface area contributed by atoms with Crippen LogP contribution in [0.3, 0.4) is 0 Å². The molecule has 2 aromatic rings. The smallest absolute Gasteiger partial charge is 0.188 e. The van der Waals surface area contributed by atoms with E-state index in [2.05, 4.69) is 0 Å². The number of rotatable bonds is 3. The molecular formula is C14H10F2OS. The van der Waals surface area contributed by atoms with Gasteiger partial charge in [-0.2, -0.15) is 0 Å². The van der Waals surface area contributed by atoms with E-state index in [0.29, 0.717) is 6.07 Å². The molecule has 0 spiro atoms. The zero-order valence-corrected chi connectivity index (χ0v) is 10.4. The first-order chi connectivity index (χ1) is 8.56. The quantitative estimate of drug-likeness (QED) is 0.599. The summed E-state index contributed by atoms with van der Waals surface area (Å²) in [6, 6.07) is 6.74. The Morgan fingerprint density at radius 1 is 1.22 bits per heavy atom. The van der Waals surface area contributed by atoms with Crippen LogP contribution in [0.4, 0.5) is 8.78 Å². The lowest BCUT2D eigenvalue weighted by Crippen LogP contribution is -1.98. The highest BCUT2D eigenvalue weighted by atomic mass is 32.1. The van der Waals surface area contributed by atoms with Crippen LogP contribution in [-0.2, 0) is 0 Å². The number of ketones is 1. The molecular weight excluding hydrogens is 254 g/mol. The molecule has 0 unspecified atom stereocenters. The van der Waals surface area contributed by atoms with Gasteiger partial charge >= 0.3 is 0 Å². The Hall–Kier alpha value is -1.81. The second kappa shape index (κ2) is 5.23. The number of allylic oxidation sites excluding steroid dienone is 1. The van der Waals surface area contributed by atoms with Crippen LogP contribution in [0.5, 0.6) is 0 Å². The topological polar surface area (TPSA) is 17.1 Å². The molecule has 0 saturated heterocycles. The van der Waals surface area contributed by atoms with Gasteiger partial charge in [-0.1, -0.05) is 0 Å². The van der Waals surface area contributed by atoms with Crippen molar-refractivity contribution in [2.75, 3.05) is 0 Å². The fraction of sp³-hybridized carbons (Fsp3) is 0.0714. The van der Waals surface area contributed by atoms with E-state index in [-0.39, 0.29) is 5.56 Å². The molecule has 1 heterocycles. The van der Waals surface area contributed by atoms with Gasteiger partial charge in [-0.3, -0.25) is 4.79 Å². The Bertz CT molecular complexity index is 614. The molecule has 92 valence electrons. The largest absolute Gasteiger partial charge is 0.289 e. The molecule has 4 heteroatoms. The van der Waals surface area contributed by atoms with Crippen LogP contribution >= 0.6 is 11.3 Å². The van der Waals surface area contributed by atoms with Crippen LogP contribution < -0.4 is 0 Å². The van der Waals surface area contributed by atoms with Crippen LogP contribution in [0.15, 0.2) is 36.4 Å². The molecule has 0 atom stereocenters. The van der Waals surface area contributed by atoms with E-state index in [9.17, 15) is 13.6 Å². The highest BCUT2D eigenvalue weighted by molar-refractivity contribution is 7.12. The van der Waals surface area contributed by atoms with Gasteiger partial charge in [-0.15, -0.1) is 11.3 Å². The summed E-state index contributed by atoms with van der Waals surface area (Å²) >= 11 is 1.54. The van der Waals surface area contributed by atoms with Gasteiger partial charge in [0.05, 0.1) is 5.56 Å². The lowest BCUT2D eigenvalue weighted by molar-refractivity contribution is 0.104. The van der Waals surface area contributed by atoms with Gasteiger partial charge in [0.15, 0.2) is 5.78 Å². The van der Waals surface area contributed by atoms with E-state index in [1.54, 1.807) is 6.08 Å². The molecule has 0 bridgehead atoms. The molecule has 1 nitrogen and oxygen atoms in total. The van der Waals surface area contributed by atoms with Gasteiger partial charge in [0, 0.05) is 15.8 Å². The molecule has 0 saturated carbocycles.